The van der Waals surface area contributed by atoms with E-state index < -0.39 is 23.4 Å². The lowest BCUT2D eigenvalue weighted by molar-refractivity contribution is 0.0948. The van der Waals surface area contributed by atoms with E-state index in [1.54, 1.807) is 24.3 Å². The Morgan fingerprint density at radius 2 is 1.93 bits per heavy atom. The Morgan fingerprint density at radius 1 is 1.17 bits per heavy atom. The molecule has 0 aliphatic rings. The number of aromatic nitrogens is 2. The molecule has 0 fully saturated rings. The highest BCUT2D eigenvalue weighted by atomic mass is 35.5. The number of halogens is 3. The minimum Gasteiger partial charge on any atom is -0.382 e. The van der Waals surface area contributed by atoms with E-state index in [1.807, 2.05) is 0 Å². The SMILES string of the molecule is NC(=O)c1nc(Cc2cccc(C(=O)NCc3c(F)ccc(Cl)c3F)c2)cnc1N. The number of rotatable bonds is 6. The zero-order valence-corrected chi connectivity index (χ0v) is 16.2. The highest BCUT2D eigenvalue weighted by Crippen LogP contribution is 2.21. The molecule has 154 valence electrons. The van der Waals surface area contributed by atoms with E-state index in [0.717, 1.165) is 12.1 Å². The molecule has 2 amide bonds. The van der Waals surface area contributed by atoms with Crippen molar-refractivity contribution in [2.45, 2.75) is 13.0 Å². The molecule has 0 bridgehead atoms. The smallest absolute Gasteiger partial charge is 0.271 e. The van der Waals surface area contributed by atoms with Crippen molar-refractivity contribution in [1.29, 1.82) is 0 Å². The monoisotopic (exact) mass is 431 g/mol. The second-order valence-electron chi connectivity index (χ2n) is 6.34. The van der Waals surface area contributed by atoms with Crippen LogP contribution in [-0.4, -0.2) is 21.8 Å². The van der Waals surface area contributed by atoms with E-state index >= 15 is 0 Å². The summed E-state index contributed by atoms with van der Waals surface area (Å²) in [7, 11) is 0. The van der Waals surface area contributed by atoms with Gasteiger partial charge in [0.15, 0.2) is 11.5 Å². The molecule has 0 saturated carbocycles. The molecule has 7 nitrogen and oxygen atoms in total. The summed E-state index contributed by atoms with van der Waals surface area (Å²) in [4.78, 5) is 31.8. The normalized spacial score (nSPS) is 10.6. The van der Waals surface area contributed by atoms with E-state index in [0.29, 0.717) is 11.3 Å². The van der Waals surface area contributed by atoms with Gasteiger partial charge in [0.05, 0.1) is 16.9 Å². The van der Waals surface area contributed by atoms with Crippen LogP contribution in [0, 0.1) is 11.6 Å². The molecule has 3 rings (SSSR count). The first kappa shape index (κ1) is 21.1. The number of carbonyl (C=O) groups excluding carboxylic acids is 2. The topological polar surface area (TPSA) is 124 Å². The summed E-state index contributed by atoms with van der Waals surface area (Å²) in [6.07, 6.45) is 1.66. The van der Waals surface area contributed by atoms with Crippen molar-refractivity contribution < 1.29 is 18.4 Å². The van der Waals surface area contributed by atoms with Crippen LogP contribution in [0.4, 0.5) is 14.6 Å². The maximum Gasteiger partial charge on any atom is 0.271 e. The summed E-state index contributed by atoms with van der Waals surface area (Å²) < 4.78 is 27.8. The molecule has 1 aromatic heterocycles. The Labute approximate surface area is 175 Å². The molecule has 2 aromatic carbocycles. The Hall–Kier alpha value is -3.59. The van der Waals surface area contributed by atoms with Crippen LogP contribution in [-0.2, 0) is 13.0 Å². The van der Waals surface area contributed by atoms with Crippen LogP contribution in [0.1, 0.15) is 37.7 Å². The minimum absolute atomic E-state index is 0.0696. The van der Waals surface area contributed by atoms with E-state index in [-0.39, 0.29) is 40.6 Å². The number of nitrogens with zero attached hydrogens (tertiary/aromatic N) is 2. The van der Waals surface area contributed by atoms with Crippen LogP contribution in [0.5, 0.6) is 0 Å². The van der Waals surface area contributed by atoms with Crippen LogP contribution < -0.4 is 16.8 Å². The number of primary amides is 1. The second-order valence-corrected chi connectivity index (χ2v) is 6.75. The van der Waals surface area contributed by atoms with Crippen molar-refractivity contribution in [3.8, 4) is 0 Å². The predicted molar refractivity (Wildman–Crippen MR) is 107 cm³/mol. The average Bonchev–Trinajstić information content (AvgIpc) is 2.72. The van der Waals surface area contributed by atoms with Crippen LogP contribution in [0.3, 0.4) is 0 Å². The molecule has 0 atom stereocenters. The van der Waals surface area contributed by atoms with E-state index in [2.05, 4.69) is 15.3 Å². The fourth-order valence-corrected chi connectivity index (χ4v) is 2.91. The van der Waals surface area contributed by atoms with Gasteiger partial charge in [-0.3, -0.25) is 9.59 Å². The Morgan fingerprint density at radius 3 is 2.67 bits per heavy atom. The van der Waals surface area contributed by atoms with Gasteiger partial charge in [0.2, 0.25) is 0 Å². The number of carbonyl (C=O) groups is 2. The van der Waals surface area contributed by atoms with E-state index in [1.165, 1.54) is 6.20 Å². The number of benzene rings is 2. The third-order valence-electron chi connectivity index (χ3n) is 4.22. The van der Waals surface area contributed by atoms with E-state index in [9.17, 15) is 18.4 Å². The number of hydrogen-bond donors (Lipinski definition) is 3. The van der Waals surface area contributed by atoms with Gasteiger partial charge in [0, 0.05) is 24.1 Å². The number of hydrogen-bond acceptors (Lipinski definition) is 5. The van der Waals surface area contributed by atoms with Gasteiger partial charge in [0.1, 0.15) is 11.6 Å². The van der Waals surface area contributed by atoms with Gasteiger partial charge in [-0.15, -0.1) is 0 Å². The lowest BCUT2D eigenvalue weighted by atomic mass is 10.1. The number of anilines is 1. The van der Waals surface area contributed by atoms with Crippen LogP contribution in [0.2, 0.25) is 5.02 Å². The summed E-state index contributed by atoms with van der Waals surface area (Å²) in [5, 5.41) is 2.23. The summed E-state index contributed by atoms with van der Waals surface area (Å²) >= 11 is 5.65. The summed E-state index contributed by atoms with van der Waals surface area (Å²) in [5.74, 6) is -3.12. The standard InChI is InChI=1S/C20H16ClF2N5O2/c21-14-4-5-15(22)13(16(14)23)9-27-20(30)11-3-1-2-10(6-11)7-12-8-26-18(24)17(28-12)19(25)29/h1-6,8H,7,9H2,(H2,24,26)(H2,25,29)(H,27,30). The Balaban J connectivity index is 1.74. The van der Waals surface area contributed by atoms with Crippen molar-refractivity contribution in [1.82, 2.24) is 15.3 Å². The molecular formula is C20H16ClF2N5O2. The zero-order chi connectivity index (χ0) is 21.8. The zero-order valence-electron chi connectivity index (χ0n) is 15.5. The summed E-state index contributed by atoms with van der Waals surface area (Å²) in [6.45, 7) is -0.368. The first-order valence-corrected chi connectivity index (χ1v) is 9.04. The van der Waals surface area contributed by atoms with Crippen molar-refractivity contribution in [2.75, 3.05) is 5.73 Å². The molecule has 0 aliphatic heterocycles. The first-order valence-electron chi connectivity index (χ1n) is 8.67. The average molecular weight is 432 g/mol. The molecule has 30 heavy (non-hydrogen) atoms. The van der Waals surface area contributed by atoms with Gasteiger partial charge in [-0.2, -0.15) is 0 Å². The second kappa shape index (κ2) is 8.83. The third-order valence-corrected chi connectivity index (χ3v) is 4.52. The summed E-state index contributed by atoms with van der Waals surface area (Å²) in [6, 6.07) is 8.65. The van der Waals surface area contributed by atoms with Gasteiger partial charge in [-0.05, 0) is 29.8 Å². The largest absolute Gasteiger partial charge is 0.382 e. The number of nitrogens with two attached hydrogens (primary N) is 2. The van der Waals surface area contributed by atoms with Gasteiger partial charge in [-0.25, -0.2) is 18.7 Å². The van der Waals surface area contributed by atoms with Crippen molar-refractivity contribution in [3.63, 3.8) is 0 Å². The Kier molecular flexibility index (Phi) is 6.22. The van der Waals surface area contributed by atoms with Crippen molar-refractivity contribution >= 4 is 29.2 Å². The van der Waals surface area contributed by atoms with Gasteiger partial charge in [-0.1, -0.05) is 23.7 Å². The predicted octanol–water partition coefficient (Wildman–Crippen LogP) is 2.61. The lowest BCUT2D eigenvalue weighted by Gasteiger charge is -2.10. The molecule has 0 unspecified atom stereocenters. The summed E-state index contributed by atoms with van der Waals surface area (Å²) in [5.41, 5.74) is 11.7. The molecule has 0 saturated heterocycles. The molecule has 0 aliphatic carbocycles. The first-order chi connectivity index (χ1) is 14.3. The fourth-order valence-electron chi connectivity index (χ4n) is 2.73. The number of nitrogens with one attached hydrogen (secondary N) is 1. The molecule has 10 heteroatoms. The molecular weight excluding hydrogens is 416 g/mol. The Bertz CT molecular complexity index is 1140. The third kappa shape index (κ3) is 4.69. The maximum atomic E-state index is 14.0. The quantitative estimate of drug-likeness (QED) is 0.517. The molecule has 3 aromatic rings. The van der Waals surface area contributed by atoms with Crippen LogP contribution in [0.15, 0.2) is 42.6 Å². The highest BCUT2D eigenvalue weighted by Gasteiger charge is 2.15. The van der Waals surface area contributed by atoms with Crippen LogP contribution in [0.25, 0.3) is 0 Å². The minimum atomic E-state index is -0.919. The van der Waals surface area contributed by atoms with Crippen LogP contribution >= 0.6 is 11.6 Å². The molecule has 1 heterocycles. The highest BCUT2D eigenvalue weighted by molar-refractivity contribution is 6.30. The van der Waals surface area contributed by atoms with Gasteiger partial charge < -0.3 is 16.8 Å². The van der Waals surface area contributed by atoms with Gasteiger partial charge >= 0.3 is 0 Å². The molecule has 0 spiro atoms. The lowest BCUT2D eigenvalue weighted by Crippen LogP contribution is -2.24. The van der Waals surface area contributed by atoms with E-state index in [4.69, 9.17) is 23.1 Å². The number of amides is 2. The van der Waals surface area contributed by atoms with Gasteiger partial charge in [0.25, 0.3) is 11.8 Å². The molecule has 0 radical (unpaired) electrons. The number of nitrogen functional groups attached to an aromatic ring is 1. The maximum absolute atomic E-state index is 14.0. The molecule has 5 N–H and O–H groups in total. The fraction of sp³-hybridized carbons (Fsp3) is 0.100. The van der Waals surface area contributed by atoms with Crippen molar-refractivity contribution in [2.24, 2.45) is 5.73 Å². The van der Waals surface area contributed by atoms with Crippen molar-refractivity contribution in [3.05, 3.63) is 87.3 Å².